The zero-order valence-electron chi connectivity index (χ0n) is 23.2. The molecule has 0 spiro atoms. The number of rotatable bonds is 7. The molecule has 0 radical (unpaired) electrons. The maximum Gasteiger partial charge on any atom is 0.355 e. The van der Waals surface area contributed by atoms with E-state index in [0.29, 0.717) is 23.9 Å². The lowest BCUT2D eigenvalue weighted by Crippen LogP contribution is -2.58. The number of amides is 1. The number of pyridine rings is 1. The number of aromatic nitrogens is 3. The highest BCUT2D eigenvalue weighted by Crippen LogP contribution is 2.36. The first kappa shape index (κ1) is 28.9. The van der Waals surface area contributed by atoms with Gasteiger partial charge >= 0.3 is 11.7 Å². The standard InChI is InChI=1S/C31H29ClFN5O4/c1-4-18-10-9-11-19(5-2)27(18)38-29-21(16-22(32)26(34-29)20-12-7-8-13-23(20)33)28(35-31(38)42)37-15-14-36(25(39)6-3)17-24(37)30(40)41/h6-13,16,24H,3-5,14-15,17H2,1-2H3,(H,40,41). The highest BCUT2D eigenvalue weighted by atomic mass is 35.5. The van der Waals surface area contributed by atoms with Gasteiger partial charge in [0.05, 0.1) is 28.3 Å². The second kappa shape index (κ2) is 11.7. The third-order valence-electron chi connectivity index (χ3n) is 7.54. The minimum Gasteiger partial charge on any atom is -0.480 e. The summed E-state index contributed by atoms with van der Waals surface area (Å²) in [5, 5.41) is 10.6. The number of nitrogens with zero attached hydrogens (tertiary/aromatic N) is 5. The lowest BCUT2D eigenvalue weighted by molar-refractivity contribution is -0.140. The Morgan fingerprint density at radius 1 is 1.10 bits per heavy atom. The number of hydrogen-bond donors (Lipinski definition) is 1. The minimum absolute atomic E-state index is 0.0749. The van der Waals surface area contributed by atoms with Crippen LogP contribution in [-0.2, 0) is 22.4 Å². The fourth-order valence-corrected chi connectivity index (χ4v) is 5.70. The number of benzene rings is 2. The summed E-state index contributed by atoms with van der Waals surface area (Å²) >= 11 is 6.72. The van der Waals surface area contributed by atoms with E-state index < -0.39 is 29.4 Å². The number of aryl methyl sites for hydroxylation is 2. The van der Waals surface area contributed by atoms with Gasteiger partial charge in [0.15, 0.2) is 5.65 Å². The second-order valence-corrected chi connectivity index (χ2v) is 10.3. The van der Waals surface area contributed by atoms with Crippen LogP contribution in [0.5, 0.6) is 0 Å². The number of para-hydroxylation sites is 1. The third kappa shape index (κ3) is 5.02. The molecule has 2 aromatic carbocycles. The van der Waals surface area contributed by atoms with Crippen LogP contribution >= 0.6 is 11.6 Å². The number of piperazine rings is 1. The number of hydrogen-bond acceptors (Lipinski definition) is 6. The number of anilines is 1. The minimum atomic E-state index is -1.20. The SMILES string of the molecule is C=CC(=O)N1CCN(c2nc(=O)n(-c3c(CC)cccc3CC)c3nc(-c4ccccc4F)c(Cl)cc23)C(C(=O)O)C1. The molecule has 1 amide bonds. The van der Waals surface area contributed by atoms with Crippen LogP contribution in [0.1, 0.15) is 25.0 Å². The predicted octanol–water partition coefficient (Wildman–Crippen LogP) is 4.65. The molecular weight excluding hydrogens is 561 g/mol. The van der Waals surface area contributed by atoms with Crippen molar-refractivity contribution in [2.45, 2.75) is 32.7 Å². The zero-order chi connectivity index (χ0) is 30.1. The van der Waals surface area contributed by atoms with Crippen LogP contribution < -0.4 is 10.6 Å². The number of halogens is 2. The van der Waals surface area contributed by atoms with Crippen LogP contribution in [-0.4, -0.2) is 62.1 Å². The number of carboxylic acids is 1. The van der Waals surface area contributed by atoms with E-state index in [-0.39, 0.29) is 47.4 Å². The Morgan fingerprint density at radius 2 is 1.79 bits per heavy atom. The fraction of sp³-hybridized carbons (Fsp3) is 0.258. The number of carbonyl (C=O) groups excluding carboxylic acids is 1. The van der Waals surface area contributed by atoms with Crippen molar-refractivity contribution in [3.05, 3.63) is 93.6 Å². The molecule has 0 saturated carbocycles. The highest BCUT2D eigenvalue weighted by Gasteiger charge is 2.36. The van der Waals surface area contributed by atoms with Crippen LogP contribution in [0.2, 0.25) is 5.02 Å². The van der Waals surface area contributed by atoms with Gasteiger partial charge in [-0.05, 0) is 48.2 Å². The maximum atomic E-state index is 14.9. The maximum absolute atomic E-state index is 14.9. The molecule has 1 unspecified atom stereocenters. The summed E-state index contributed by atoms with van der Waals surface area (Å²) in [4.78, 5) is 50.7. The number of carboxylic acid groups (broad SMARTS) is 1. The van der Waals surface area contributed by atoms with Crippen molar-refractivity contribution in [1.82, 2.24) is 19.4 Å². The van der Waals surface area contributed by atoms with Gasteiger partial charge < -0.3 is 14.9 Å². The van der Waals surface area contributed by atoms with Crippen LogP contribution in [0.3, 0.4) is 0 Å². The summed E-state index contributed by atoms with van der Waals surface area (Å²) in [6, 6.07) is 12.2. The molecule has 2 aromatic heterocycles. The first-order chi connectivity index (χ1) is 20.2. The average molecular weight is 590 g/mol. The topological polar surface area (TPSA) is 109 Å². The van der Waals surface area contributed by atoms with Crippen LogP contribution in [0, 0.1) is 5.82 Å². The largest absolute Gasteiger partial charge is 0.480 e. The van der Waals surface area contributed by atoms with Crippen molar-refractivity contribution >= 4 is 40.3 Å². The Balaban J connectivity index is 1.84. The number of carbonyl (C=O) groups is 2. The van der Waals surface area contributed by atoms with Gasteiger partial charge in [0.2, 0.25) is 5.91 Å². The zero-order valence-corrected chi connectivity index (χ0v) is 23.9. The van der Waals surface area contributed by atoms with Gasteiger partial charge in [0.25, 0.3) is 0 Å². The molecule has 1 aliphatic rings. The predicted molar refractivity (Wildman–Crippen MR) is 160 cm³/mol. The van der Waals surface area contributed by atoms with E-state index in [4.69, 9.17) is 16.6 Å². The monoisotopic (exact) mass is 589 g/mol. The van der Waals surface area contributed by atoms with E-state index in [1.54, 1.807) is 24.3 Å². The Labute approximate surface area is 246 Å². The quantitative estimate of drug-likeness (QED) is 0.313. The Morgan fingerprint density at radius 3 is 2.40 bits per heavy atom. The van der Waals surface area contributed by atoms with Crippen LogP contribution in [0.25, 0.3) is 28.0 Å². The van der Waals surface area contributed by atoms with Crippen molar-refractivity contribution in [1.29, 1.82) is 0 Å². The van der Waals surface area contributed by atoms with Gasteiger partial charge in [-0.3, -0.25) is 4.79 Å². The molecule has 1 aliphatic heterocycles. The van der Waals surface area contributed by atoms with E-state index in [0.717, 1.165) is 17.2 Å². The van der Waals surface area contributed by atoms with Gasteiger partial charge in [0.1, 0.15) is 17.7 Å². The van der Waals surface area contributed by atoms with Crippen molar-refractivity contribution < 1.29 is 19.1 Å². The molecule has 42 heavy (non-hydrogen) atoms. The van der Waals surface area contributed by atoms with Crippen LogP contribution in [0.4, 0.5) is 10.2 Å². The van der Waals surface area contributed by atoms with Gasteiger partial charge in [-0.2, -0.15) is 4.98 Å². The molecule has 1 atom stereocenters. The van der Waals surface area contributed by atoms with E-state index in [1.807, 2.05) is 32.0 Å². The van der Waals surface area contributed by atoms with Crippen molar-refractivity contribution in [2.75, 3.05) is 24.5 Å². The molecule has 1 saturated heterocycles. The molecule has 11 heteroatoms. The molecule has 5 rings (SSSR count). The molecule has 1 N–H and O–H groups in total. The number of fused-ring (bicyclic) bond motifs is 1. The Kier molecular flexibility index (Phi) is 8.08. The molecule has 0 bridgehead atoms. The molecule has 4 aromatic rings. The summed E-state index contributed by atoms with van der Waals surface area (Å²) in [5.74, 6) is -2.04. The Bertz CT molecular complexity index is 1770. The third-order valence-corrected chi connectivity index (χ3v) is 7.83. The van der Waals surface area contributed by atoms with E-state index in [2.05, 4.69) is 11.6 Å². The van der Waals surface area contributed by atoms with E-state index in [9.17, 15) is 23.9 Å². The lowest BCUT2D eigenvalue weighted by Gasteiger charge is -2.40. The van der Waals surface area contributed by atoms with Crippen molar-refractivity contribution in [3.8, 4) is 16.9 Å². The molecule has 1 fully saturated rings. The summed E-state index contributed by atoms with van der Waals surface area (Å²) in [5.41, 5.74) is 2.18. The summed E-state index contributed by atoms with van der Waals surface area (Å²) in [6.45, 7) is 7.58. The number of aliphatic carboxylic acids is 1. The van der Waals surface area contributed by atoms with E-state index >= 15 is 0 Å². The summed E-state index contributed by atoms with van der Waals surface area (Å²) in [6.07, 6.45) is 2.37. The molecule has 9 nitrogen and oxygen atoms in total. The summed E-state index contributed by atoms with van der Waals surface area (Å²) in [7, 11) is 0. The highest BCUT2D eigenvalue weighted by molar-refractivity contribution is 6.33. The average Bonchev–Trinajstić information content (AvgIpc) is 3.00. The Hall–Kier alpha value is -4.57. The first-order valence-electron chi connectivity index (χ1n) is 13.6. The first-order valence-corrected chi connectivity index (χ1v) is 14.0. The van der Waals surface area contributed by atoms with Gasteiger partial charge in [-0.25, -0.2) is 23.5 Å². The van der Waals surface area contributed by atoms with Gasteiger partial charge in [-0.1, -0.05) is 62.4 Å². The second-order valence-electron chi connectivity index (χ2n) is 9.89. The van der Waals surface area contributed by atoms with Crippen molar-refractivity contribution in [2.24, 2.45) is 0 Å². The van der Waals surface area contributed by atoms with Gasteiger partial charge in [0, 0.05) is 18.7 Å². The summed E-state index contributed by atoms with van der Waals surface area (Å²) < 4.78 is 16.4. The molecule has 0 aliphatic carbocycles. The lowest BCUT2D eigenvalue weighted by atomic mass is 10.0. The van der Waals surface area contributed by atoms with Gasteiger partial charge in [-0.15, -0.1) is 0 Å². The van der Waals surface area contributed by atoms with E-state index in [1.165, 1.54) is 20.4 Å². The fourth-order valence-electron chi connectivity index (χ4n) is 5.45. The smallest absolute Gasteiger partial charge is 0.355 e. The van der Waals surface area contributed by atoms with Crippen molar-refractivity contribution in [3.63, 3.8) is 0 Å². The molecule has 3 heterocycles. The molecular formula is C31H29ClFN5O4. The molecule has 216 valence electrons. The normalized spacial score (nSPS) is 15.2. The van der Waals surface area contributed by atoms with Crippen LogP contribution in [0.15, 0.2) is 66.0 Å².